The smallest absolute Gasteiger partial charge is 0.383 e. The summed E-state index contributed by atoms with van der Waals surface area (Å²) in [5.41, 5.74) is 6.23. The number of hydrogen-bond acceptors (Lipinski definition) is 4. The number of aryl methyl sites for hydroxylation is 1. The number of nitrogens with two attached hydrogens (primary N) is 1. The van der Waals surface area contributed by atoms with Crippen LogP contribution in [0.2, 0.25) is 0 Å². The summed E-state index contributed by atoms with van der Waals surface area (Å²) >= 11 is 0. The first kappa shape index (κ1) is 15.5. The summed E-state index contributed by atoms with van der Waals surface area (Å²) in [7, 11) is 0. The highest BCUT2D eigenvalue weighted by Crippen LogP contribution is 2.26. The minimum absolute atomic E-state index is 0.241. The van der Waals surface area contributed by atoms with Crippen molar-refractivity contribution in [2.24, 2.45) is 0 Å². The van der Waals surface area contributed by atoms with Crippen molar-refractivity contribution in [3.05, 3.63) is 11.4 Å². The van der Waals surface area contributed by atoms with Crippen molar-refractivity contribution >= 4 is 11.6 Å². The van der Waals surface area contributed by atoms with E-state index in [0.717, 1.165) is 0 Å². The molecule has 1 heterocycles. The predicted molar refractivity (Wildman–Crippen MR) is 69.1 cm³/mol. The van der Waals surface area contributed by atoms with Crippen LogP contribution in [0.15, 0.2) is 0 Å². The molecule has 0 fully saturated rings. The van der Waals surface area contributed by atoms with Crippen molar-refractivity contribution in [2.45, 2.75) is 39.8 Å². The summed E-state index contributed by atoms with van der Waals surface area (Å²) in [6, 6.07) is 0. The number of rotatable bonds is 5. The fourth-order valence-electron chi connectivity index (χ4n) is 1.78. The number of halogens is 3. The van der Waals surface area contributed by atoms with Crippen molar-refractivity contribution < 1.29 is 13.2 Å². The Hall–Kier alpha value is -1.53. The predicted octanol–water partition coefficient (Wildman–Crippen LogP) is 2.71. The number of aromatic nitrogens is 2. The second kappa shape index (κ2) is 6.08. The molecule has 2 N–H and O–H groups in total. The van der Waals surface area contributed by atoms with E-state index < -0.39 is 12.7 Å². The van der Waals surface area contributed by atoms with Gasteiger partial charge in [0.05, 0.1) is 0 Å². The molecular formula is C12H19F3N4. The minimum Gasteiger partial charge on any atom is -0.383 e. The van der Waals surface area contributed by atoms with Gasteiger partial charge in [-0.05, 0) is 13.3 Å². The van der Waals surface area contributed by atoms with E-state index in [1.807, 2.05) is 13.8 Å². The van der Waals surface area contributed by atoms with Crippen LogP contribution in [0, 0.1) is 6.92 Å². The monoisotopic (exact) mass is 276 g/mol. The third-order valence-electron chi connectivity index (χ3n) is 2.68. The van der Waals surface area contributed by atoms with Crippen LogP contribution >= 0.6 is 0 Å². The van der Waals surface area contributed by atoms with Crippen molar-refractivity contribution in [2.75, 3.05) is 23.7 Å². The molecular weight excluding hydrogens is 257 g/mol. The maximum atomic E-state index is 12.6. The summed E-state index contributed by atoms with van der Waals surface area (Å²) in [5, 5.41) is 0. The van der Waals surface area contributed by atoms with Crippen LogP contribution in [0.1, 0.15) is 31.7 Å². The number of anilines is 2. The van der Waals surface area contributed by atoms with E-state index in [-0.39, 0.29) is 18.2 Å². The average Bonchev–Trinajstić information content (AvgIpc) is 2.30. The lowest BCUT2D eigenvalue weighted by molar-refractivity contribution is -0.119. The molecule has 0 saturated carbocycles. The van der Waals surface area contributed by atoms with E-state index in [1.165, 1.54) is 4.90 Å². The van der Waals surface area contributed by atoms with Crippen LogP contribution in [-0.4, -0.2) is 29.2 Å². The molecule has 1 aromatic heterocycles. The molecule has 4 nitrogen and oxygen atoms in total. The van der Waals surface area contributed by atoms with Gasteiger partial charge in [0, 0.05) is 18.5 Å². The topological polar surface area (TPSA) is 55.0 Å². The SMILES string of the molecule is CCCN(CC(F)(F)F)c1nc(CC)nc(N)c1C. The molecule has 0 aliphatic carbocycles. The van der Waals surface area contributed by atoms with E-state index >= 15 is 0 Å². The number of nitrogens with zero attached hydrogens (tertiary/aromatic N) is 3. The largest absolute Gasteiger partial charge is 0.405 e. The van der Waals surface area contributed by atoms with E-state index in [0.29, 0.717) is 24.2 Å². The van der Waals surface area contributed by atoms with Gasteiger partial charge in [-0.2, -0.15) is 13.2 Å². The van der Waals surface area contributed by atoms with Gasteiger partial charge in [-0.25, -0.2) is 9.97 Å². The lowest BCUT2D eigenvalue weighted by Crippen LogP contribution is -2.36. The van der Waals surface area contributed by atoms with Crippen molar-refractivity contribution in [3.63, 3.8) is 0 Å². The van der Waals surface area contributed by atoms with Gasteiger partial charge in [0.15, 0.2) is 0 Å². The Morgan fingerprint density at radius 2 is 1.84 bits per heavy atom. The van der Waals surface area contributed by atoms with Gasteiger partial charge in [0.1, 0.15) is 24.0 Å². The fourth-order valence-corrected chi connectivity index (χ4v) is 1.78. The summed E-state index contributed by atoms with van der Waals surface area (Å²) in [6.07, 6.45) is -3.14. The molecule has 0 spiro atoms. The normalized spacial score (nSPS) is 11.7. The number of nitrogen functional groups attached to an aromatic ring is 1. The second-order valence-corrected chi connectivity index (χ2v) is 4.36. The highest BCUT2D eigenvalue weighted by Gasteiger charge is 2.32. The molecule has 7 heteroatoms. The summed E-state index contributed by atoms with van der Waals surface area (Å²) in [4.78, 5) is 9.45. The van der Waals surface area contributed by atoms with Gasteiger partial charge in [0.2, 0.25) is 0 Å². The molecule has 1 aromatic rings. The van der Waals surface area contributed by atoms with Crippen LogP contribution in [0.5, 0.6) is 0 Å². The summed E-state index contributed by atoms with van der Waals surface area (Å²) < 4.78 is 37.8. The third kappa shape index (κ3) is 4.25. The lowest BCUT2D eigenvalue weighted by atomic mass is 10.2. The molecule has 1 rings (SSSR count). The zero-order chi connectivity index (χ0) is 14.6. The standard InChI is InChI=1S/C12H19F3N4/c1-4-6-19(7-12(13,14)15)11-8(3)10(16)17-9(5-2)18-11/h4-7H2,1-3H3,(H2,16,17,18). The molecule has 0 unspecified atom stereocenters. The third-order valence-corrected chi connectivity index (χ3v) is 2.68. The molecule has 108 valence electrons. The molecule has 0 amide bonds. The summed E-state index contributed by atoms with van der Waals surface area (Å²) in [5.74, 6) is 0.982. The van der Waals surface area contributed by atoms with Crippen LogP contribution < -0.4 is 10.6 Å². The molecule has 0 radical (unpaired) electrons. The highest BCUT2D eigenvalue weighted by atomic mass is 19.4. The van der Waals surface area contributed by atoms with Gasteiger partial charge in [0.25, 0.3) is 0 Å². The number of hydrogen-bond donors (Lipinski definition) is 1. The van der Waals surface area contributed by atoms with Crippen LogP contribution in [0.4, 0.5) is 24.8 Å². The van der Waals surface area contributed by atoms with Crippen LogP contribution in [0.25, 0.3) is 0 Å². The zero-order valence-corrected chi connectivity index (χ0v) is 11.4. The van der Waals surface area contributed by atoms with Crippen LogP contribution in [0.3, 0.4) is 0 Å². The molecule has 0 aromatic carbocycles. The van der Waals surface area contributed by atoms with E-state index in [2.05, 4.69) is 9.97 Å². The Morgan fingerprint density at radius 1 is 1.21 bits per heavy atom. The second-order valence-electron chi connectivity index (χ2n) is 4.36. The number of alkyl halides is 3. The molecule has 0 bridgehead atoms. The Labute approximate surface area is 110 Å². The van der Waals surface area contributed by atoms with Crippen molar-refractivity contribution in [1.29, 1.82) is 0 Å². The molecule has 0 aliphatic rings. The first-order valence-corrected chi connectivity index (χ1v) is 6.23. The fraction of sp³-hybridized carbons (Fsp3) is 0.667. The lowest BCUT2D eigenvalue weighted by Gasteiger charge is -2.26. The Balaban J connectivity index is 3.17. The van der Waals surface area contributed by atoms with Gasteiger partial charge < -0.3 is 10.6 Å². The highest BCUT2D eigenvalue weighted by molar-refractivity contribution is 5.56. The quantitative estimate of drug-likeness (QED) is 0.898. The first-order valence-electron chi connectivity index (χ1n) is 6.23. The van der Waals surface area contributed by atoms with E-state index in [1.54, 1.807) is 6.92 Å². The Morgan fingerprint density at radius 3 is 2.32 bits per heavy atom. The molecule has 19 heavy (non-hydrogen) atoms. The maximum Gasteiger partial charge on any atom is 0.405 e. The van der Waals surface area contributed by atoms with Crippen molar-refractivity contribution in [3.8, 4) is 0 Å². The van der Waals surface area contributed by atoms with Gasteiger partial charge in [-0.1, -0.05) is 13.8 Å². The molecule has 0 saturated heterocycles. The average molecular weight is 276 g/mol. The molecule has 0 aliphatic heterocycles. The first-order chi connectivity index (χ1) is 8.78. The van der Waals surface area contributed by atoms with Gasteiger partial charge in [-0.3, -0.25) is 0 Å². The van der Waals surface area contributed by atoms with E-state index in [4.69, 9.17) is 5.73 Å². The summed E-state index contributed by atoms with van der Waals surface area (Å²) in [6.45, 7) is 4.55. The zero-order valence-electron chi connectivity index (χ0n) is 11.4. The van der Waals surface area contributed by atoms with E-state index in [9.17, 15) is 13.2 Å². The van der Waals surface area contributed by atoms with Gasteiger partial charge >= 0.3 is 6.18 Å². The Bertz CT molecular complexity index is 432. The van der Waals surface area contributed by atoms with Gasteiger partial charge in [-0.15, -0.1) is 0 Å². The maximum absolute atomic E-state index is 12.6. The van der Waals surface area contributed by atoms with Crippen LogP contribution in [-0.2, 0) is 6.42 Å². The Kier molecular flexibility index (Phi) is 4.97. The van der Waals surface area contributed by atoms with Crippen molar-refractivity contribution in [1.82, 2.24) is 9.97 Å². The molecule has 0 atom stereocenters. The minimum atomic E-state index is -4.27.